The number of anilines is 2. The lowest BCUT2D eigenvalue weighted by atomic mass is 10.1. The van der Waals surface area contributed by atoms with Crippen molar-refractivity contribution in [1.82, 2.24) is 0 Å². The van der Waals surface area contributed by atoms with Crippen LogP contribution in [-0.2, 0) is 19.1 Å². The van der Waals surface area contributed by atoms with Crippen LogP contribution in [0.4, 0.5) is 11.4 Å². The van der Waals surface area contributed by atoms with Gasteiger partial charge in [0, 0.05) is 30.3 Å². The number of ether oxygens (including phenoxy) is 3. The zero-order chi connectivity index (χ0) is 24.1. The summed E-state index contributed by atoms with van der Waals surface area (Å²) < 4.78 is 15.8. The first-order valence-corrected chi connectivity index (χ1v) is 10.2. The normalized spacial score (nSPS) is 16.2. The van der Waals surface area contributed by atoms with Crippen LogP contribution in [0.2, 0.25) is 0 Å². The highest BCUT2D eigenvalue weighted by molar-refractivity contribution is 6.01. The molecule has 3 amide bonds. The predicted molar refractivity (Wildman–Crippen MR) is 119 cm³/mol. The van der Waals surface area contributed by atoms with Crippen LogP contribution in [0.15, 0.2) is 42.5 Å². The molecule has 1 aliphatic heterocycles. The summed E-state index contributed by atoms with van der Waals surface area (Å²) in [6, 6.07) is 11.0. The molecule has 3 rings (SSSR count). The van der Waals surface area contributed by atoms with E-state index in [4.69, 9.17) is 19.9 Å². The lowest BCUT2D eigenvalue weighted by Crippen LogP contribution is -2.33. The number of rotatable bonds is 8. The van der Waals surface area contributed by atoms with Crippen LogP contribution >= 0.6 is 0 Å². The first kappa shape index (κ1) is 23.6. The Bertz CT molecular complexity index is 1070. The van der Waals surface area contributed by atoms with E-state index < -0.39 is 29.8 Å². The van der Waals surface area contributed by atoms with Gasteiger partial charge in [0.2, 0.25) is 11.8 Å². The molecule has 2 atom stereocenters. The molecule has 2 aromatic carbocycles. The van der Waals surface area contributed by atoms with E-state index in [-0.39, 0.29) is 18.9 Å². The molecule has 0 saturated carbocycles. The van der Waals surface area contributed by atoms with Crippen molar-refractivity contribution >= 4 is 35.1 Å². The number of carbonyl (C=O) groups is 4. The van der Waals surface area contributed by atoms with Crippen LogP contribution in [0.1, 0.15) is 23.7 Å². The first-order chi connectivity index (χ1) is 15.7. The zero-order valence-electron chi connectivity index (χ0n) is 18.5. The number of amides is 3. The molecule has 10 heteroatoms. The number of benzene rings is 2. The summed E-state index contributed by atoms with van der Waals surface area (Å²) in [4.78, 5) is 50.2. The number of nitrogens with two attached hydrogens (primary N) is 1. The molecule has 0 unspecified atom stereocenters. The van der Waals surface area contributed by atoms with Gasteiger partial charge in [0.1, 0.15) is 11.5 Å². The van der Waals surface area contributed by atoms with Crippen LogP contribution in [0.5, 0.6) is 11.5 Å². The van der Waals surface area contributed by atoms with Gasteiger partial charge >= 0.3 is 5.97 Å². The van der Waals surface area contributed by atoms with Crippen LogP contribution in [0.3, 0.4) is 0 Å². The van der Waals surface area contributed by atoms with Gasteiger partial charge in [-0.05, 0) is 43.3 Å². The van der Waals surface area contributed by atoms with Gasteiger partial charge < -0.3 is 30.2 Å². The summed E-state index contributed by atoms with van der Waals surface area (Å²) in [5.74, 6) is -1.75. The fraction of sp³-hybridized carbons (Fsp3) is 0.304. The molecule has 1 saturated heterocycles. The van der Waals surface area contributed by atoms with Crippen LogP contribution in [-0.4, -0.2) is 50.6 Å². The van der Waals surface area contributed by atoms with Crippen molar-refractivity contribution < 1.29 is 33.4 Å². The zero-order valence-corrected chi connectivity index (χ0v) is 18.5. The Labute approximate surface area is 190 Å². The van der Waals surface area contributed by atoms with Crippen molar-refractivity contribution in [3.63, 3.8) is 0 Å². The molecule has 0 aromatic heterocycles. The van der Waals surface area contributed by atoms with E-state index in [0.717, 1.165) is 0 Å². The second-order valence-corrected chi connectivity index (χ2v) is 7.45. The second-order valence-electron chi connectivity index (χ2n) is 7.45. The minimum absolute atomic E-state index is 0.0447. The number of esters is 1. The summed E-state index contributed by atoms with van der Waals surface area (Å²) >= 11 is 0. The van der Waals surface area contributed by atoms with E-state index >= 15 is 0 Å². The molecule has 0 aliphatic carbocycles. The quantitative estimate of drug-likeness (QED) is 0.578. The highest BCUT2D eigenvalue weighted by atomic mass is 16.5. The molecule has 3 N–H and O–H groups in total. The minimum atomic E-state index is -1.09. The molecule has 33 heavy (non-hydrogen) atoms. The van der Waals surface area contributed by atoms with Crippen molar-refractivity contribution in [2.24, 2.45) is 11.7 Å². The Morgan fingerprint density at radius 3 is 2.39 bits per heavy atom. The number of hydrogen-bond donors (Lipinski definition) is 2. The Morgan fingerprint density at radius 1 is 1.09 bits per heavy atom. The maximum Gasteiger partial charge on any atom is 0.312 e. The molecule has 0 radical (unpaired) electrons. The van der Waals surface area contributed by atoms with Gasteiger partial charge in [0.15, 0.2) is 6.10 Å². The van der Waals surface area contributed by atoms with E-state index in [1.165, 1.54) is 50.3 Å². The first-order valence-electron chi connectivity index (χ1n) is 10.2. The number of nitrogens with one attached hydrogen (secondary N) is 1. The van der Waals surface area contributed by atoms with Crippen molar-refractivity contribution in [3.05, 3.63) is 48.0 Å². The summed E-state index contributed by atoms with van der Waals surface area (Å²) in [6.45, 7) is 1.54. The van der Waals surface area contributed by atoms with E-state index in [1.54, 1.807) is 18.2 Å². The summed E-state index contributed by atoms with van der Waals surface area (Å²) in [7, 11) is 3.00. The minimum Gasteiger partial charge on any atom is -0.497 e. The lowest BCUT2D eigenvalue weighted by molar-refractivity contribution is -0.157. The molecule has 2 aromatic rings. The smallest absolute Gasteiger partial charge is 0.312 e. The standard InChI is InChI=1S/C23H25N3O7/c1-13(22(29)25-16-6-4-14(5-7-16)21(24)28)33-23(30)15-10-20(27)26(12-15)18-9-8-17(31-2)11-19(18)32-3/h4-9,11,13,15H,10,12H2,1-3H3,(H2,24,28)(H,25,29)/t13-,15+/m0/s1. The Morgan fingerprint density at radius 2 is 1.79 bits per heavy atom. The Hall–Kier alpha value is -4.08. The van der Waals surface area contributed by atoms with Gasteiger partial charge in [-0.15, -0.1) is 0 Å². The van der Waals surface area contributed by atoms with E-state index in [0.29, 0.717) is 28.4 Å². The molecular weight excluding hydrogens is 430 g/mol. The third-order valence-corrected chi connectivity index (χ3v) is 5.24. The van der Waals surface area contributed by atoms with E-state index in [2.05, 4.69) is 5.32 Å². The maximum absolute atomic E-state index is 12.6. The molecular formula is C23H25N3O7. The van der Waals surface area contributed by atoms with Gasteiger partial charge in [-0.1, -0.05) is 0 Å². The molecule has 1 heterocycles. The average Bonchev–Trinajstić information content (AvgIpc) is 3.20. The number of hydrogen-bond acceptors (Lipinski definition) is 7. The monoisotopic (exact) mass is 455 g/mol. The second kappa shape index (κ2) is 10.0. The number of primary amides is 1. The summed E-state index contributed by atoms with van der Waals surface area (Å²) in [5, 5.41) is 2.60. The Kier molecular flexibility index (Phi) is 7.17. The summed E-state index contributed by atoms with van der Waals surface area (Å²) in [5.41, 5.74) is 6.43. The fourth-order valence-corrected chi connectivity index (χ4v) is 3.39. The number of nitrogens with zero attached hydrogens (tertiary/aromatic N) is 1. The number of carbonyl (C=O) groups excluding carboxylic acids is 4. The van der Waals surface area contributed by atoms with Gasteiger partial charge in [0.25, 0.3) is 5.91 Å². The molecule has 1 fully saturated rings. The van der Waals surface area contributed by atoms with Gasteiger partial charge in [0.05, 0.1) is 25.8 Å². The predicted octanol–water partition coefficient (Wildman–Crippen LogP) is 1.73. The molecule has 174 valence electrons. The van der Waals surface area contributed by atoms with E-state index in [1.807, 2.05) is 0 Å². The topological polar surface area (TPSA) is 137 Å². The molecule has 0 bridgehead atoms. The van der Waals surface area contributed by atoms with Crippen molar-refractivity contribution in [2.75, 3.05) is 31.0 Å². The third-order valence-electron chi connectivity index (χ3n) is 5.24. The summed E-state index contributed by atoms with van der Waals surface area (Å²) in [6.07, 6.45) is -1.13. The molecule has 1 aliphatic rings. The van der Waals surface area contributed by atoms with Crippen molar-refractivity contribution in [3.8, 4) is 11.5 Å². The SMILES string of the molecule is COc1ccc(N2C[C@H](C(=O)O[C@@H](C)C(=O)Nc3ccc(C(N)=O)cc3)CC2=O)c(OC)c1. The lowest BCUT2D eigenvalue weighted by Gasteiger charge is -2.20. The van der Waals surface area contributed by atoms with Crippen LogP contribution in [0.25, 0.3) is 0 Å². The van der Waals surface area contributed by atoms with Gasteiger partial charge in [-0.25, -0.2) is 0 Å². The maximum atomic E-state index is 12.6. The van der Waals surface area contributed by atoms with Crippen LogP contribution in [0, 0.1) is 5.92 Å². The number of methoxy groups -OCH3 is 2. The largest absolute Gasteiger partial charge is 0.497 e. The highest BCUT2D eigenvalue weighted by Crippen LogP contribution is 2.36. The van der Waals surface area contributed by atoms with Crippen molar-refractivity contribution in [2.45, 2.75) is 19.4 Å². The fourth-order valence-electron chi connectivity index (χ4n) is 3.39. The average molecular weight is 455 g/mol. The van der Waals surface area contributed by atoms with Gasteiger partial charge in [-0.3, -0.25) is 19.2 Å². The molecule has 0 spiro atoms. The Balaban J connectivity index is 1.60. The van der Waals surface area contributed by atoms with Crippen molar-refractivity contribution in [1.29, 1.82) is 0 Å². The molecule has 10 nitrogen and oxygen atoms in total. The highest BCUT2D eigenvalue weighted by Gasteiger charge is 2.38. The van der Waals surface area contributed by atoms with E-state index in [9.17, 15) is 19.2 Å². The van der Waals surface area contributed by atoms with Gasteiger partial charge in [-0.2, -0.15) is 0 Å². The third kappa shape index (κ3) is 5.40. The van der Waals surface area contributed by atoms with Crippen LogP contribution < -0.4 is 25.4 Å².